The van der Waals surface area contributed by atoms with Gasteiger partial charge in [-0.15, -0.1) is 0 Å². The molecule has 2 rings (SSSR count). The lowest BCUT2D eigenvalue weighted by atomic mass is 9.81. The molecule has 0 aromatic heterocycles. The Hall–Kier alpha value is -0.860. The number of carbonyl (C=O) groups excluding carboxylic acids is 2. The van der Waals surface area contributed by atoms with Gasteiger partial charge in [0.25, 0.3) is 0 Å². The molecule has 1 N–H and O–H groups in total. The fraction of sp³-hybridized carbons (Fsp3) is 0.750. The minimum Gasteiger partial charge on any atom is -0.350 e. The van der Waals surface area contributed by atoms with E-state index >= 15 is 0 Å². The third kappa shape index (κ3) is 0.870. The third-order valence-electron chi connectivity index (χ3n) is 2.71. The summed E-state index contributed by atoms with van der Waals surface area (Å²) >= 11 is 0. The summed E-state index contributed by atoms with van der Waals surface area (Å²) in [5.41, 5.74) is -0.0737. The van der Waals surface area contributed by atoms with Crippen LogP contribution in [-0.2, 0) is 9.59 Å². The van der Waals surface area contributed by atoms with Gasteiger partial charge in [-0.2, -0.15) is 0 Å². The fourth-order valence-electron chi connectivity index (χ4n) is 1.98. The summed E-state index contributed by atoms with van der Waals surface area (Å²) in [7, 11) is 0. The van der Waals surface area contributed by atoms with Crippen LogP contribution in [0.2, 0.25) is 0 Å². The van der Waals surface area contributed by atoms with E-state index in [2.05, 4.69) is 5.32 Å². The van der Waals surface area contributed by atoms with Crippen LogP contribution in [0.4, 0.5) is 0 Å². The van der Waals surface area contributed by atoms with Crippen molar-refractivity contribution in [3.8, 4) is 0 Å². The van der Waals surface area contributed by atoms with E-state index in [1.54, 1.807) is 0 Å². The van der Waals surface area contributed by atoms with Gasteiger partial charge >= 0.3 is 0 Å². The first-order valence-corrected chi connectivity index (χ1v) is 3.95. The van der Waals surface area contributed by atoms with E-state index in [-0.39, 0.29) is 23.1 Å². The van der Waals surface area contributed by atoms with Gasteiger partial charge in [0.05, 0.1) is 5.92 Å². The van der Waals surface area contributed by atoms with Gasteiger partial charge in [-0.1, -0.05) is 0 Å². The Balaban J connectivity index is 2.31. The number of carbonyl (C=O) groups is 2. The van der Waals surface area contributed by atoms with Crippen molar-refractivity contribution in [1.82, 2.24) is 5.32 Å². The van der Waals surface area contributed by atoms with E-state index in [4.69, 9.17) is 0 Å². The maximum Gasteiger partial charge on any atom is 0.231 e. The number of fused-ring (bicyclic) bond motifs is 2. The van der Waals surface area contributed by atoms with E-state index in [1.165, 1.54) is 0 Å². The zero-order valence-electron chi connectivity index (χ0n) is 6.52. The minimum atomic E-state index is -0.325. The Morgan fingerprint density at radius 2 is 2.27 bits per heavy atom. The molecular formula is C8H11NO2. The van der Waals surface area contributed by atoms with Gasteiger partial charge in [0.1, 0.15) is 5.78 Å². The minimum absolute atomic E-state index is 0.0602. The summed E-state index contributed by atoms with van der Waals surface area (Å²) < 4.78 is 0. The van der Waals surface area contributed by atoms with Crippen molar-refractivity contribution >= 4 is 11.7 Å². The lowest BCUT2D eigenvalue weighted by Gasteiger charge is -2.26. The smallest absolute Gasteiger partial charge is 0.231 e. The highest BCUT2D eigenvalue weighted by molar-refractivity contribution is 6.04. The van der Waals surface area contributed by atoms with Gasteiger partial charge in [0, 0.05) is 12.0 Å². The molecule has 0 radical (unpaired) electrons. The molecule has 1 saturated carbocycles. The molecular weight excluding hydrogens is 142 g/mol. The van der Waals surface area contributed by atoms with E-state index in [1.807, 2.05) is 6.92 Å². The van der Waals surface area contributed by atoms with Crippen molar-refractivity contribution in [2.24, 2.45) is 5.92 Å². The van der Waals surface area contributed by atoms with Crippen molar-refractivity contribution in [2.75, 3.05) is 0 Å². The summed E-state index contributed by atoms with van der Waals surface area (Å²) in [6, 6.07) is 0. The number of hydrogen-bond donors (Lipinski definition) is 1. The standard InChI is InChI=1S/C8H11NO2/c1-8-3-2-6(10)5(4-8)7(11)9-8/h5H,2-4H2,1H3,(H,9,11). The van der Waals surface area contributed by atoms with Gasteiger partial charge < -0.3 is 5.32 Å². The maximum atomic E-state index is 11.1. The summed E-state index contributed by atoms with van der Waals surface area (Å²) in [6.07, 6.45) is 2.10. The van der Waals surface area contributed by atoms with Crippen LogP contribution in [0.3, 0.4) is 0 Å². The van der Waals surface area contributed by atoms with Gasteiger partial charge in [0.2, 0.25) is 5.91 Å². The van der Waals surface area contributed by atoms with Crippen LogP contribution in [0, 0.1) is 5.92 Å². The van der Waals surface area contributed by atoms with E-state index < -0.39 is 0 Å². The summed E-state index contributed by atoms with van der Waals surface area (Å²) in [6.45, 7) is 2.01. The monoisotopic (exact) mass is 153 g/mol. The predicted octanol–water partition coefficient (Wildman–Crippen LogP) is 0.244. The Morgan fingerprint density at radius 1 is 1.55 bits per heavy atom. The van der Waals surface area contributed by atoms with E-state index in [9.17, 15) is 9.59 Å². The van der Waals surface area contributed by atoms with E-state index in [0.717, 1.165) is 6.42 Å². The molecule has 3 nitrogen and oxygen atoms in total. The zero-order chi connectivity index (χ0) is 8.06. The largest absolute Gasteiger partial charge is 0.350 e. The highest BCUT2D eigenvalue weighted by Gasteiger charge is 2.47. The first-order valence-electron chi connectivity index (χ1n) is 3.95. The van der Waals surface area contributed by atoms with Gasteiger partial charge in [0.15, 0.2) is 0 Å². The molecule has 1 amide bonds. The summed E-state index contributed by atoms with van der Waals surface area (Å²) in [5, 5.41) is 2.86. The molecule has 60 valence electrons. The highest BCUT2D eigenvalue weighted by atomic mass is 16.2. The predicted molar refractivity (Wildman–Crippen MR) is 38.9 cm³/mol. The molecule has 2 atom stereocenters. The van der Waals surface area contributed by atoms with Gasteiger partial charge in [-0.05, 0) is 19.8 Å². The lowest BCUT2D eigenvalue weighted by molar-refractivity contribution is -0.131. The Bertz CT molecular complexity index is 236. The second-order valence-corrected chi connectivity index (χ2v) is 3.77. The average Bonchev–Trinajstić information content (AvgIpc) is 2.18. The number of rotatable bonds is 0. The first kappa shape index (κ1) is 6.83. The van der Waals surface area contributed by atoms with Crippen LogP contribution in [0.15, 0.2) is 0 Å². The molecule has 0 spiro atoms. The summed E-state index contributed by atoms with van der Waals surface area (Å²) in [4.78, 5) is 22.3. The highest BCUT2D eigenvalue weighted by Crippen LogP contribution is 2.35. The number of ketones is 1. The topological polar surface area (TPSA) is 46.2 Å². The maximum absolute atomic E-state index is 11.1. The van der Waals surface area contributed by atoms with Gasteiger partial charge in [-0.3, -0.25) is 9.59 Å². The fourth-order valence-corrected chi connectivity index (χ4v) is 1.98. The number of amides is 1. The quantitative estimate of drug-likeness (QED) is 0.507. The lowest BCUT2D eigenvalue weighted by Crippen LogP contribution is -2.38. The average molecular weight is 153 g/mol. The van der Waals surface area contributed by atoms with Crippen molar-refractivity contribution in [3.63, 3.8) is 0 Å². The number of nitrogens with one attached hydrogen (secondary N) is 1. The summed E-state index contributed by atoms with van der Waals surface area (Å²) in [5.74, 6) is -0.263. The van der Waals surface area contributed by atoms with Crippen molar-refractivity contribution < 1.29 is 9.59 Å². The molecule has 2 bridgehead atoms. The number of Topliss-reactive ketones (excluding diaryl/α,β-unsaturated/α-hetero) is 1. The normalized spacial score (nSPS) is 42.5. The van der Waals surface area contributed by atoms with Crippen molar-refractivity contribution in [3.05, 3.63) is 0 Å². The van der Waals surface area contributed by atoms with Crippen molar-refractivity contribution in [1.29, 1.82) is 0 Å². The zero-order valence-corrected chi connectivity index (χ0v) is 6.52. The molecule has 0 aromatic rings. The Kier molecular flexibility index (Phi) is 1.14. The molecule has 1 aliphatic carbocycles. The second kappa shape index (κ2) is 1.84. The Labute approximate surface area is 65.2 Å². The molecule has 3 heteroatoms. The first-order chi connectivity index (χ1) is 5.11. The van der Waals surface area contributed by atoms with Crippen LogP contribution >= 0.6 is 0 Å². The molecule has 2 aliphatic rings. The molecule has 1 aliphatic heterocycles. The molecule has 1 heterocycles. The molecule has 2 fully saturated rings. The SMILES string of the molecule is CC12CCC(=O)C(C1)C(=O)N2. The number of hydrogen-bond acceptors (Lipinski definition) is 2. The van der Waals surface area contributed by atoms with Crippen LogP contribution < -0.4 is 5.32 Å². The van der Waals surface area contributed by atoms with Crippen LogP contribution in [0.5, 0.6) is 0 Å². The van der Waals surface area contributed by atoms with Crippen molar-refractivity contribution in [2.45, 2.75) is 31.7 Å². The van der Waals surface area contributed by atoms with Gasteiger partial charge in [-0.25, -0.2) is 0 Å². The Morgan fingerprint density at radius 3 is 2.91 bits per heavy atom. The van der Waals surface area contributed by atoms with E-state index in [0.29, 0.717) is 12.8 Å². The second-order valence-electron chi connectivity index (χ2n) is 3.77. The molecule has 0 aromatic carbocycles. The third-order valence-corrected chi connectivity index (χ3v) is 2.71. The van der Waals surface area contributed by atoms with Crippen LogP contribution in [-0.4, -0.2) is 17.2 Å². The molecule has 11 heavy (non-hydrogen) atoms. The molecule has 1 saturated heterocycles. The molecule has 2 unspecified atom stereocenters. The van der Waals surface area contributed by atoms with Crippen LogP contribution in [0.25, 0.3) is 0 Å². The van der Waals surface area contributed by atoms with Crippen LogP contribution in [0.1, 0.15) is 26.2 Å².